The highest BCUT2D eigenvalue weighted by Crippen LogP contribution is 2.14. The molecule has 0 radical (unpaired) electrons. The Kier molecular flexibility index (Phi) is 1.24. The van der Waals surface area contributed by atoms with Crippen LogP contribution in [0.25, 0.3) is 0 Å². The lowest BCUT2D eigenvalue weighted by Gasteiger charge is -2.18. The molecule has 0 saturated carbocycles. The van der Waals surface area contributed by atoms with Crippen molar-refractivity contribution in [3.63, 3.8) is 0 Å². The molecule has 0 fully saturated rings. The largest absolute Gasteiger partial charge is 0.387 e. The smallest absolute Gasteiger partial charge is 0.0406 e. The van der Waals surface area contributed by atoms with Gasteiger partial charge in [-0.2, -0.15) is 0 Å². The van der Waals surface area contributed by atoms with E-state index in [1.807, 2.05) is 12.4 Å². The van der Waals surface area contributed by atoms with Crippen LogP contribution < -0.4 is 10.6 Å². The summed E-state index contributed by atoms with van der Waals surface area (Å²) < 4.78 is 0. The average molecular weight is 134 g/mol. The van der Waals surface area contributed by atoms with Gasteiger partial charge in [0.25, 0.3) is 0 Å². The Hall–Kier alpha value is -1.18. The summed E-state index contributed by atoms with van der Waals surface area (Å²) in [5.74, 6) is 0. The first kappa shape index (κ1) is 5.59. The minimum atomic E-state index is 0.989. The fourth-order valence-electron chi connectivity index (χ4n) is 1.22. The summed E-state index contributed by atoms with van der Waals surface area (Å²) in [7, 11) is 0. The zero-order valence-electron chi connectivity index (χ0n) is 5.72. The normalized spacial score (nSPS) is 21.6. The van der Waals surface area contributed by atoms with Gasteiger partial charge in [0, 0.05) is 12.2 Å². The molecule has 2 nitrogen and oxygen atoms in total. The van der Waals surface area contributed by atoms with Crippen LogP contribution in [0.3, 0.4) is 0 Å². The van der Waals surface area contributed by atoms with E-state index < -0.39 is 0 Å². The van der Waals surface area contributed by atoms with Crippen molar-refractivity contribution in [3.05, 3.63) is 35.8 Å². The molecule has 0 aromatic carbocycles. The SMILES string of the molecule is C1=CNC2=C(C1)CNC=C2. The van der Waals surface area contributed by atoms with E-state index in [2.05, 4.69) is 22.8 Å². The fraction of sp³-hybridized carbons (Fsp3) is 0.250. The van der Waals surface area contributed by atoms with Crippen LogP contribution in [0.4, 0.5) is 0 Å². The first-order chi connectivity index (χ1) is 4.97. The quantitative estimate of drug-likeness (QED) is 0.513. The molecule has 52 valence electrons. The van der Waals surface area contributed by atoms with Crippen molar-refractivity contribution in [2.24, 2.45) is 0 Å². The van der Waals surface area contributed by atoms with Crippen molar-refractivity contribution in [3.8, 4) is 0 Å². The van der Waals surface area contributed by atoms with E-state index in [0.29, 0.717) is 0 Å². The lowest BCUT2D eigenvalue weighted by atomic mass is 10.1. The maximum Gasteiger partial charge on any atom is 0.0406 e. The number of hydrogen-bond donors (Lipinski definition) is 2. The number of dihydropyridines is 2. The summed E-state index contributed by atoms with van der Waals surface area (Å²) in [4.78, 5) is 0. The fourth-order valence-corrected chi connectivity index (χ4v) is 1.22. The molecular weight excluding hydrogens is 124 g/mol. The zero-order chi connectivity index (χ0) is 6.81. The minimum Gasteiger partial charge on any atom is -0.387 e. The predicted molar refractivity (Wildman–Crippen MR) is 41.1 cm³/mol. The maximum absolute atomic E-state index is 3.19. The summed E-state index contributed by atoms with van der Waals surface area (Å²) in [6, 6.07) is 0. The molecule has 2 heteroatoms. The van der Waals surface area contributed by atoms with Gasteiger partial charge >= 0.3 is 0 Å². The van der Waals surface area contributed by atoms with Crippen LogP contribution in [0.5, 0.6) is 0 Å². The van der Waals surface area contributed by atoms with Crippen molar-refractivity contribution in [1.82, 2.24) is 10.6 Å². The number of allylic oxidation sites excluding steroid dienone is 2. The third kappa shape index (κ3) is 0.817. The van der Waals surface area contributed by atoms with E-state index in [0.717, 1.165) is 13.0 Å². The molecule has 0 saturated heterocycles. The Morgan fingerprint density at radius 2 is 2.30 bits per heavy atom. The summed E-state index contributed by atoms with van der Waals surface area (Å²) in [5, 5.41) is 6.36. The van der Waals surface area contributed by atoms with Gasteiger partial charge in [-0.05, 0) is 30.5 Å². The molecular formula is C8H10N2. The second-order valence-electron chi connectivity index (χ2n) is 2.48. The van der Waals surface area contributed by atoms with Gasteiger partial charge in [0.1, 0.15) is 0 Å². The van der Waals surface area contributed by atoms with Gasteiger partial charge < -0.3 is 10.6 Å². The molecule has 0 spiro atoms. The summed E-state index contributed by atoms with van der Waals surface area (Å²) in [5.41, 5.74) is 2.71. The Balaban J connectivity index is 2.25. The molecule has 2 aliphatic heterocycles. The second kappa shape index (κ2) is 2.21. The van der Waals surface area contributed by atoms with Gasteiger partial charge in [-0.25, -0.2) is 0 Å². The Morgan fingerprint density at radius 3 is 3.20 bits per heavy atom. The molecule has 0 aromatic heterocycles. The predicted octanol–water partition coefficient (Wildman–Crippen LogP) is 0.864. The monoisotopic (exact) mass is 134 g/mol. The molecule has 0 bridgehead atoms. The van der Waals surface area contributed by atoms with E-state index >= 15 is 0 Å². The first-order valence-electron chi connectivity index (χ1n) is 3.50. The van der Waals surface area contributed by atoms with E-state index in [9.17, 15) is 0 Å². The molecule has 0 atom stereocenters. The van der Waals surface area contributed by atoms with Gasteiger partial charge in [0.2, 0.25) is 0 Å². The third-order valence-corrected chi connectivity index (χ3v) is 1.79. The van der Waals surface area contributed by atoms with E-state index in [-0.39, 0.29) is 0 Å². The highest BCUT2D eigenvalue weighted by atomic mass is 14.9. The van der Waals surface area contributed by atoms with Gasteiger partial charge in [0.05, 0.1) is 0 Å². The maximum atomic E-state index is 3.19. The molecule has 2 rings (SSSR count). The molecule has 0 unspecified atom stereocenters. The molecule has 2 heterocycles. The minimum absolute atomic E-state index is 0.989. The van der Waals surface area contributed by atoms with Gasteiger partial charge in [-0.3, -0.25) is 0 Å². The van der Waals surface area contributed by atoms with Crippen molar-refractivity contribution < 1.29 is 0 Å². The average Bonchev–Trinajstić information content (AvgIpc) is 2.05. The van der Waals surface area contributed by atoms with Crippen LogP contribution >= 0.6 is 0 Å². The standard InChI is InChI=1S/C8H10N2/c1-2-7-6-9-5-3-8(7)10-4-1/h1,3-5,9-10H,2,6H2. The van der Waals surface area contributed by atoms with Crippen LogP contribution in [-0.2, 0) is 0 Å². The van der Waals surface area contributed by atoms with Gasteiger partial charge in [-0.1, -0.05) is 6.08 Å². The van der Waals surface area contributed by atoms with Crippen molar-refractivity contribution in [1.29, 1.82) is 0 Å². The number of nitrogens with one attached hydrogen (secondary N) is 2. The van der Waals surface area contributed by atoms with Crippen LogP contribution in [0.2, 0.25) is 0 Å². The van der Waals surface area contributed by atoms with Crippen molar-refractivity contribution in [2.75, 3.05) is 6.54 Å². The molecule has 0 aliphatic carbocycles. The molecule has 2 N–H and O–H groups in total. The van der Waals surface area contributed by atoms with E-state index in [1.54, 1.807) is 0 Å². The summed E-state index contributed by atoms with van der Waals surface area (Å²) >= 11 is 0. The Labute approximate surface area is 60.3 Å². The molecule has 0 aromatic rings. The lowest BCUT2D eigenvalue weighted by molar-refractivity contribution is 0.832. The van der Waals surface area contributed by atoms with E-state index in [1.165, 1.54) is 11.3 Å². The molecule has 10 heavy (non-hydrogen) atoms. The van der Waals surface area contributed by atoms with Crippen LogP contribution in [0, 0.1) is 0 Å². The first-order valence-corrected chi connectivity index (χ1v) is 3.50. The Morgan fingerprint density at radius 1 is 1.30 bits per heavy atom. The summed E-state index contributed by atoms with van der Waals surface area (Å²) in [6.45, 7) is 0.989. The summed E-state index contributed by atoms with van der Waals surface area (Å²) in [6.07, 6.45) is 9.27. The zero-order valence-corrected chi connectivity index (χ0v) is 5.72. The Bertz CT molecular complexity index is 223. The van der Waals surface area contributed by atoms with Gasteiger partial charge in [-0.15, -0.1) is 0 Å². The number of hydrogen-bond acceptors (Lipinski definition) is 2. The van der Waals surface area contributed by atoms with E-state index in [4.69, 9.17) is 0 Å². The van der Waals surface area contributed by atoms with Crippen molar-refractivity contribution >= 4 is 0 Å². The molecule has 2 aliphatic rings. The third-order valence-electron chi connectivity index (χ3n) is 1.79. The van der Waals surface area contributed by atoms with Crippen molar-refractivity contribution in [2.45, 2.75) is 6.42 Å². The van der Waals surface area contributed by atoms with Crippen LogP contribution in [0.1, 0.15) is 6.42 Å². The second-order valence-corrected chi connectivity index (χ2v) is 2.48. The topological polar surface area (TPSA) is 24.1 Å². The highest BCUT2D eigenvalue weighted by Gasteiger charge is 2.07. The van der Waals surface area contributed by atoms with Crippen LogP contribution in [-0.4, -0.2) is 6.54 Å². The van der Waals surface area contributed by atoms with Crippen LogP contribution in [0.15, 0.2) is 35.8 Å². The molecule has 0 amide bonds. The van der Waals surface area contributed by atoms with Gasteiger partial charge in [0.15, 0.2) is 0 Å². The highest BCUT2D eigenvalue weighted by molar-refractivity contribution is 5.33. The lowest BCUT2D eigenvalue weighted by Crippen LogP contribution is -2.22. The number of rotatable bonds is 0.